The molecule has 20 heavy (non-hydrogen) atoms. The van der Waals surface area contributed by atoms with Crippen molar-refractivity contribution in [3.05, 3.63) is 65.7 Å². The van der Waals surface area contributed by atoms with E-state index in [0.717, 1.165) is 16.9 Å². The van der Waals surface area contributed by atoms with Gasteiger partial charge in [-0.05, 0) is 30.2 Å². The van der Waals surface area contributed by atoms with E-state index in [-0.39, 0.29) is 12.1 Å². The molecule has 0 aromatic heterocycles. The highest BCUT2D eigenvalue weighted by Crippen LogP contribution is 2.22. The van der Waals surface area contributed by atoms with Gasteiger partial charge in [0.05, 0.1) is 13.2 Å². The van der Waals surface area contributed by atoms with Gasteiger partial charge in [-0.25, -0.2) is 0 Å². The van der Waals surface area contributed by atoms with Gasteiger partial charge in [0.25, 0.3) is 0 Å². The van der Waals surface area contributed by atoms with Crippen LogP contribution in [0.2, 0.25) is 0 Å². The number of nitrogens with zero attached hydrogens (tertiary/aromatic N) is 1. The Morgan fingerprint density at radius 1 is 1.05 bits per heavy atom. The number of benzene rings is 2. The summed E-state index contributed by atoms with van der Waals surface area (Å²) >= 11 is 0. The molecule has 1 N–H and O–H groups in total. The first kappa shape index (κ1) is 14.1. The number of hydrogen-bond donors (Lipinski definition) is 1. The lowest BCUT2D eigenvalue weighted by atomic mass is 10.0. The van der Waals surface area contributed by atoms with Gasteiger partial charge in [0.1, 0.15) is 11.8 Å². The summed E-state index contributed by atoms with van der Waals surface area (Å²) in [5, 5.41) is 12.7. The smallest absolute Gasteiger partial charge is 0.121 e. The molecule has 0 saturated carbocycles. The standard InChI is InChI=1S/C17H18N2O/c1-13(14-7-4-3-5-8-14)19-17(12-18)15-9-6-10-16(11-15)20-2/h3-11,13,17,19H,1-2H3/t13-,17+/m1/s1. The van der Waals surface area contributed by atoms with Crippen molar-refractivity contribution in [2.45, 2.75) is 19.0 Å². The molecule has 2 aromatic carbocycles. The summed E-state index contributed by atoms with van der Waals surface area (Å²) in [6.45, 7) is 2.06. The summed E-state index contributed by atoms with van der Waals surface area (Å²) in [7, 11) is 1.63. The number of methoxy groups -OCH3 is 1. The number of nitriles is 1. The third-order valence-corrected chi connectivity index (χ3v) is 3.27. The first-order valence-corrected chi connectivity index (χ1v) is 6.59. The Morgan fingerprint density at radius 3 is 2.40 bits per heavy atom. The molecule has 0 fully saturated rings. The third kappa shape index (κ3) is 3.37. The highest BCUT2D eigenvalue weighted by molar-refractivity contribution is 5.33. The molecule has 0 saturated heterocycles. The monoisotopic (exact) mass is 266 g/mol. The Hall–Kier alpha value is -2.31. The summed E-state index contributed by atoms with van der Waals surface area (Å²) in [4.78, 5) is 0. The fraction of sp³-hybridized carbons (Fsp3) is 0.235. The SMILES string of the molecule is COc1cccc([C@H](C#N)N[C@H](C)c2ccccc2)c1. The van der Waals surface area contributed by atoms with Gasteiger partial charge in [-0.2, -0.15) is 5.26 Å². The molecule has 2 rings (SSSR count). The van der Waals surface area contributed by atoms with Gasteiger partial charge in [-0.15, -0.1) is 0 Å². The number of nitrogens with one attached hydrogen (secondary N) is 1. The van der Waals surface area contributed by atoms with Crippen LogP contribution in [0.25, 0.3) is 0 Å². The Balaban J connectivity index is 2.15. The van der Waals surface area contributed by atoms with Crippen LogP contribution in [0.5, 0.6) is 5.75 Å². The zero-order chi connectivity index (χ0) is 14.4. The van der Waals surface area contributed by atoms with Crippen LogP contribution in [0.15, 0.2) is 54.6 Å². The zero-order valence-electron chi connectivity index (χ0n) is 11.7. The van der Waals surface area contributed by atoms with E-state index in [1.807, 2.05) is 42.5 Å². The molecule has 0 radical (unpaired) electrons. The molecule has 2 atom stereocenters. The minimum Gasteiger partial charge on any atom is -0.497 e. The molecule has 0 heterocycles. The van der Waals surface area contributed by atoms with Crippen molar-refractivity contribution in [1.29, 1.82) is 5.26 Å². The lowest BCUT2D eigenvalue weighted by molar-refractivity contribution is 0.413. The lowest BCUT2D eigenvalue weighted by Crippen LogP contribution is -2.23. The lowest BCUT2D eigenvalue weighted by Gasteiger charge is -2.19. The normalized spacial score (nSPS) is 13.2. The molecule has 3 heteroatoms. The van der Waals surface area contributed by atoms with Crippen LogP contribution in [-0.2, 0) is 0 Å². The molecule has 2 aromatic rings. The van der Waals surface area contributed by atoms with E-state index in [4.69, 9.17) is 4.74 Å². The van der Waals surface area contributed by atoms with E-state index in [1.165, 1.54) is 0 Å². The maximum atomic E-state index is 9.39. The maximum Gasteiger partial charge on any atom is 0.121 e. The number of rotatable bonds is 5. The summed E-state index contributed by atoms with van der Waals surface area (Å²) in [6.07, 6.45) is 0. The van der Waals surface area contributed by atoms with E-state index in [0.29, 0.717) is 0 Å². The largest absolute Gasteiger partial charge is 0.497 e. The first-order chi connectivity index (χ1) is 9.74. The van der Waals surface area contributed by atoms with Crippen LogP contribution in [0.3, 0.4) is 0 Å². The van der Waals surface area contributed by atoms with Gasteiger partial charge < -0.3 is 4.74 Å². The van der Waals surface area contributed by atoms with Crippen LogP contribution >= 0.6 is 0 Å². The molecule has 0 aliphatic heterocycles. The van der Waals surface area contributed by atoms with Gasteiger partial charge in [-0.1, -0.05) is 42.5 Å². The summed E-state index contributed by atoms with van der Waals surface area (Å²) in [5.74, 6) is 0.761. The van der Waals surface area contributed by atoms with Crippen molar-refractivity contribution in [2.24, 2.45) is 0 Å². The molecule has 102 valence electrons. The van der Waals surface area contributed by atoms with Gasteiger partial charge in [0, 0.05) is 6.04 Å². The number of ether oxygens (including phenoxy) is 1. The van der Waals surface area contributed by atoms with Gasteiger partial charge >= 0.3 is 0 Å². The minimum atomic E-state index is -0.361. The predicted molar refractivity (Wildman–Crippen MR) is 79.3 cm³/mol. The highest BCUT2D eigenvalue weighted by Gasteiger charge is 2.15. The summed E-state index contributed by atoms with van der Waals surface area (Å²) < 4.78 is 5.20. The maximum absolute atomic E-state index is 9.39. The van der Waals surface area contributed by atoms with E-state index in [9.17, 15) is 5.26 Å². The Morgan fingerprint density at radius 2 is 1.75 bits per heavy atom. The molecule has 0 spiro atoms. The van der Waals surface area contributed by atoms with E-state index in [2.05, 4.69) is 30.4 Å². The topological polar surface area (TPSA) is 45.0 Å². The van der Waals surface area contributed by atoms with Crippen LogP contribution < -0.4 is 10.1 Å². The van der Waals surface area contributed by atoms with E-state index in [1.54, 1.807) is 7.11 Å². The van der Waals surface area contributed by atoms with Crippen LogP contribution in [0.4, 0.5) is 0 Å². The summed E-state index contributed by atoms with van der Waals surface area (Å²) in [6, 6.07) is 19.7. The van der Waals surface area contributed by atoms with E-state index >= 15 is 0 Å². The molecule has 0 amide bonds. The third-order valence-electron chi connectivity index (χ3n) is 3.27. The second-order valence-corrected chi connectivity index (χ2v) is 4.64. The second kappa shape index (κ2) is 6.74. The Labute approximate surface area is 119 Å². The first-order valence-electron chi connectivity index (χ1n) is 6.59. The number of hydrogen-bond acceptors (Lipinski definition) is 3. The average Bonchev–Trinajstić information content (AvgIpc) is 2.53. The van der Waals surface area contributed by atoms with Crippen molar-refractivity contribution in [3.63, 3.8) is 0 Å². The van der Waals surface area contributed by atoms with Crippen LogP contribution in [0, 0.1) is 11.3 Å². The van der Waals surface area contributed by atoms with Crippen LogP contribution in [0.1, 0.15) is 30.1 Å². The van der Waals surface area contributed by atoms with Crippen molar-refractivity contribution < 1.29 is 4.74 Å². The molecule has 0 bridgehead atoms. The van der Waals surface area contributed by atoms with Crippen molar-refractivity contribution in [3.8, 4) is 11.8 Å². The minimum absolute atomic E-state index is 0.104. The fourth-order valence-corrected chi connectivity index (χ4v) is 2.12. The second-order valence-electron chi connectivity index (χ2n) is 4.64. The molecular weight excluding hydrogens is 248 g/mol. The molecule has 0 aliphatic rings. The predicted octanol–water partition coefficient (Wildman–Crippen LogP) is 3.61. The van der Waals surface area contributed by atoms with Gasteiger partial charge in [0.2, 0.25) is 0 Å². The van der Waals surface area contributed by atoms with Crippen molar-refractivity contribution in [2.75, 3.05) is 7.11 Å². The summed E-state index contributed by atoms with van der Waals surface area (Å²) in [5.41, 5.74) is 2.07. The highest BCUT2D eigenvalue weighted by atomic mass is 16.5. The van der Waals surface area contributed by atoms with E-state index < -0.39 is 0 Å². The Kier molecular flexibility index (Phi) is 4.75. The van der Waals surface area contributed by atoms with Crippen molar-refractivity contribution in [1.82, 2.24) is 5.32 Å². The molecule has 0 unspecified atom stereocenters. The zero-order valence-corrected chi connectivity index (χ0v) is 11.7. The molecular formula is C17H18N2O. The fourth-order valence-electron chi connectivity index (χ4n) is 2.12. The van der Waals surface area contributed by atoms with Crippen molar-refractivity contribution >= 4 is 0 Å². The van der Waals surface area contributed by atoms with Gasteiger partial charge in [0.15, 0.2) is 0 Å². The van der Waals surface area contributed by atoms with Gasteiger partial charge in [-0.3, -0.25) is 5.32 Å². The van der Waals surface area contributed by atoms with Crippen LogP contribution in [-0.4, -0.2) is 7.11 Å². The molecule has 0 aliphatic carbocycles. The molecule has 3 nitrogen and oxygen atoms in total. The Bertz CT molecular complexity index is 589. The average molecular weight is 266 g/mol. The quantitative estimate of drug-likeness (QED) is 0.899.